The Kier molecular flexibility index (Phi) is 9.00. The molecule has 0 spiro atoms. The van der Waals surface area contributed by atoms with Gasteiger partial charge in [0.15, 0.2) is 0 Å². The zero-order valence-corrected chi connectivity index (χ0v) is 21.8. The smallest absolute Gasteiger partial charge is 0.311 e. The molecule has 0 bridgehead atoms. The summed E-state index contributed by atoms with van der Waals surface area (Å²) in [4.78, 5) is 36.9. The highest BCUT2D eigenvalue weighted by Crippen LogP contribution is 2.24. The molecule has 2 atom stereocenters. The summed E-state index contributed by atoms with van der Waals surface area (Å²) in [5.41, 5.74) is 4.21. The molecule has 1 N–H and O–H groups in total. The molecule has 0 saturated carbocycles. The van der Waals surface area contributed by atoms with Crippen molar-refractivity contribution in [1.82, 2.24) is 5.32 Å². The van der Waals surface area contributed by atoms with Gasteiger partial charge in [-0.15, -0.1) is 0 Å². The zero-order chi connectivity index (χ0) is 28.5. The number of ether oxygens (including phenoxy) is 1. The molecule has 0 aliphatic rings. The van der Waals surface area contributed by atoms with Crippen LogP contribution in [0.1, 0.15) is 27.0 Å². The maximum atomic E-state index is 13.4. The summed E-state index contributed by atoms with van der Waals surface area (Å²) >= 11 is 0. The Morgan fingerprint density at radius 1 is 0.875 bits per heavy atom. The second-order valence-electron chi connectivity index (χ2n) is 9.30. The molecule has 0 saturated heterocycles. The number of carbonyl (C=O) groups excluding carboxylic acids is 2. The fourth-order valence-electron chi connectivity index (χ4n) is 4.57. The number of nitrogens with one attached hydrogen (secondary N) is 1. The van der Waals surface area contributed by atoms with E-state index in [0.717, 1.165) is 22.3 Å². The molecule has 0 aromatic heterocycles. The predicted molar refractivity (Wildman–Crippen MR) is 150 cm³/mol. The molecule has 0 radical (unpaired) electrons. The number of non-ortho nitro benzene ring substituents is 1. The molecule has 8 nitrogen and oxygen atoms in total. The number of carbonyl (C=O) groups is 2. The van der Waals surface area contributed by atoms with Crippen molar-refractivity contribution in [2.75, 3.05) is 7.11 Å². The summed E-state index contributed by atoms with van der Waals surface area (Å²) in [5.74, 6) is -1.52. The van der Waals surface area contributed by atoms with Crippen LogP contribution >= 0.6 is 0 Å². The SMILES string of the molecule is COC(=O)C(Cc1cccc(C#N)c1)C(Cc1ccccc1)NC(=O)c1ccc(-c2ccc([N+](=O)[O-])cc2)cc1. The number of nitro groups is 1. The first kappa shape index (κ1) is 27.7. The number of esters is 1. The van der Waals surface area contributed by atoms with Gasteiger partial charge in [0.25, 0.3) is 11.6 Å². The van der Waals surface area contributed by atoms with E-state index in [0.29, 0.717) is 17.5 Å². The average molecular weight is 534 g/mol. The van der Waals surface area contributed by atoms with Gasteiger partial charge in [0.05, 0.1) is 29.6 Å². The van der Waals surface area contributed by atoms with Gasteiger partial charge < -0.3 is 10.1 Å². The van der Waals surface area contributed by atoms with Crippen molar-refractivity contribution >= 4 is 17.6 Å². The van der Waals surface area contributed by atoms with E-state index in [4.69, 9.17) is 4.74 Å². The summed E-state index contributed by atoms with van der Waals surface area (Å²) in [6.45, 7) is 0. The van der Waals surface area contributed by atoms with Gasteiger partial charge in [-0.3, -0.25) is 19.7 Å². The van der Waals surface area contributed by atoms with Crippen molar-refractivity contribution in [1.29, 1.82) is 5.26 Å². The Morgan fingerprint density at radius 2 is 1.50 bits per heavy atom. The van der Waals surface area contributed by atoms with Gasteiger partial charge in [-0.1, -0.05) is 54.6 Å². The first-order valence-electron chi connectivity index (χ1n) is 12.6. The quantitative estimate of drug-likeness (QED) is 0.163. The Hall–Kier alpha value is -5.29. The zero-order valence-electron chi connectivity index (χ0n) is 21.8. The Balaban J connectivity index is 1.59. The molecule has 200 valence electrons. The third-order valence-corrected chi connectivity index (χ3v) is 6.67. The highest BCUT2D eigenvalue weighted by Gasteiger charge is 2.31. The summed E-state index contributed by atoms with van der Waals surface area (Å²) in [7, 11) is 1.32. The first-order chi connectivity index (χ1) is 19.4. The van der Waals surface area contributed by atoms with E-state index in [1.807, 2.05) is 36.4 Å². The molecular weight excluding hydrogens is 506 g/mol. The third-order valence-electron chi connectivity index (χ3n) is 6.67. The Labute approximate surface area is 232 Å². The minimum atomic E-state index is -0.706. The van der Waals surface area contributed by atoms with Gasteiger partial charge in [0.1, 0.15) is 0 Å². The second-order valence-corrected chi connectivity index (χ2v) is 9.30. The van der Waals surface area contributed by atoms with E-state index in [1.54, 1.807) is 54.6 Å². The molecule has 0 aliphatic carbocycles. The minimum absolute atomic E-state index is 0.00344. The maximum absolute atomic E-state index is 13.4. The number of benzene rings is 4. The number of methoxy groups -OCH3 is 1. The number of nitriles is 1. The van der Waals surface area contributed by atoms with E-state index >= 15 is 0 Å². The van der Waals surface area contributed by atoms with Crippen LogP contribution in [0.4, 0.5) is 5.69 Å². The average Bonchev–Trinajstić information content (AvgIpc) is 3.00. The molecule has 0 fully saturated rings. The van der Waals surface area contributed by atoms with E-state index in [9.17, 15) is 25.0 Å². The van der Waals surface area contributed by atoms with Gasteiger partial charge in [0.2, 0.25) is 0 Å². The van der Waals surface area contributed by atoms with E-state index < -0.39 is 22.9 Å². The van der Waals surface area contributed by atoms with Gasteiger partial charge in [-0.2, -0.15) is 5.26 Å². The topological polar surface area (TPSA) is 122 Å². The normalized spacial score (nSPS) is 12.0. The van der Waals surface area contributed by atoms with Crippen LogP contribution in [0.3, 0.4) is 0 Å². The number of hydrogen-bond donors (Lipinski definition) is 1. The fourth-order valence-corrected chi connectivity index (χ4v) is 4.57. The number of hydrogen-bond acceptors (Lipinski definition) is 6. The van der Waals surface area contributed by atoms with Crippen LogP contribution < -0.4 is 5.32 Å². The lowest BCUT2D eigenvalue weighted by Gasteiger charge is -2.27. The van der Waals surface area contributed by atoms with Crippen LogP contribution in [0.5, 0.6) is 0 Å². The number of amides is 1. The molecule has 40 heavy (non-hydrogen) atoms. The van der Waals surface area contributed by atoms with Crippen LogP contribution in [0.15, 0.2) is 103 Å². The van der Waals surface area contributed by atoms with Crippen molar-refractivity contribution in [3.8, 4) is 17.2 Å². The molecular formula is C32H27N3O5. The van der Waals surface area contributed by atoms with Crippen molar-refractivity contribution in [2.24, 2.45) is 5.92 Å². The summed E-state index contributed by atoms with van der Waals surface area (Å²) in [5, 5.41) is 23.3. The lowest BCUT2D eigenvalue weighted by Crippen LogP contribution is -2.46. The van der Waals surface area contributed by atoms with Crippen molar-refractivity contribution in [2.45, 2.75) is 18.9 Å². The van der Waals surface area contributed by atoms with Crippen LogP contribution in [0, 0.1) is 27.4 Å². The molecule has 0 heterocycles. The third kappa shape index (κ3) is 6.97. The highest BCUT2D eigenvalue weighted by atomic mass is 16.6. The maximum Gasteiger partial charge on any atom is 0.311 e. The summed E-state index contributed by atoms with van der Waals surface area (Å²) in [6.07, 6.45) is 0.671. The van der Waals surface area contributed by atoms with Gasteiger partial charge in [0, 0.05) is 23.7 Å². The largest absolute Gasteiger partial charge is 0.469 e. The molecule has 8 heteroatoms. The number of nitrogens with zero attached hydrogens (tertiary/aromatic N) is 2. The summed E-state index contributed by atoms with van der Waals surface area (Å²) in [6, 6.07) is 31.2. The number of rotatable bonds is 10. The van der Waals surface area contributed by atoms with Crippen LogP contribution in [0.25, 0.3) is 11.1 Å². The van der Waals surface area contributed by atoms with Crippen LogP contribution in [-0.4, -0.2) is 30.0 Å². The Morgan fingerprint density at radius 3 is 2.10 bits per heavy atom. The van der Waals surface area contributed by atoms with E-state index in [-0.39, 0.29) is 18.0 Å². The number of nitro benzene ring substituents is 1. The van der Waals surface area contributed by atoms with Crippen LogP contribution in [0.2, 0.25) is 0 Å². The van der Waals surface area contributed by atoms with Crippen LogP contribution in [-0.2, 0) is 22.4 Å². The molecule has 4 rings (SSSR count). The van der Waals surface area contributed by atoms with Crippen molar-refractivity contribution in [3.05, 3.63) is 135 Å². The minimum Gasteiger partial charge on any atom is -0.469 e. The van der Waals surface area contributed by atoms with Crippen molar-refractivity contribution < 1.29 is 19.2 Å². The highest BCUT2D eigenvalue weighted by molar-refractivity contribution is 5.95. The molecule has 1 amide bonds. The second kappa shape index (κ2) is 13.0. The van der Waals surface area contributed by atoms with Gasteiger partial charge in [-0.05, 0) is 71.5 Å². The lowest BCUT2D eigenvalue weighted by molar-refractivity contribution is -0.384. The fraction of sp³-hybridized carbons (Fsp3) is 0.156. The Bertz CT molecular complexity index is 1530. The van der Waals surface area contributed by atoms with E-state index in [1.165, 1.54) is 19.2 Å². The monoisotopic (exact) mass is 533 g/mol. The molecule has 2 unspecified atom stereocenters. The molecule has 4 aromatic rings. The lowest BCUT2D eigenvalue weighted by atomic mass is 9.87. The molecule has 0 aliphatic heterocycles. The summed E-state index contributed by atoms with van der Waals surface area (Å²) < 4.78 is 5.14. The first-order valence-corrected chi connectivity index (χ1v) is 12.6. The van der Waals surface area contributed by atoms with Gasteiger partial charge >= 0.3 is 5.97 Å². The molecule has 4 aromatic carbocycles. The standard InChI is InChI=1S/C32H27N3O5/c1-40-32(37)29(19-23-8-5-9-24(18-23)21-33)30(20-22-6-3-2-4-7-22)34-31(36)27-12-10-25(11-13-27)26-14-16-28(17-15-26)35(38)39/h2-18,29-30H,19-20H2,1H3,(H,34,36). The predicted octanol–water partition coefficient (Wildman–Crippen LogP) is 5.51. The van der Waals surface area contributed by atoms with Crippen molar-refractivity contribution in [3.63, 3.8) is 0 Å². The van der Waals surface area contributed by atoms with Gasteiger partial charge in [-0.25, -0.2) is 0 Å². The van der Waals surface area contributed by atoms with E-state index in [2.05, 4.69) is 11.4 Å².